The van der Waals surface area contributed by atoms with E-state index in [1.807, 2.05) is 20.8 Å². The number of aromatic amines is 1. The third-order valence-corrected chi connectivity index (χ3v) is 2.37. The topological polar surface area (TPSA) is 67.0 Å². The number of fused-ring (bicyclic) bond motifs is 1. The van der Waals surface area contributed by atoms with E-state index in [0.29, 0.717) is 5.69 Å². The molecule has 0 spiro atoms. The fourth-order valence-corrected chi connectivity index (χ4v) is 1.72. The minimum absolute atomic E-state index is 0.329. The van der Waals surface area contributed by atoms with Gasteiger partial charge in [-0.25, -0.2) is 4.79 Å². The molecule has 1 aliphatic rings. The van der Waals surface area contributed by atoms with Gasteiger partial charge in [0, 0.05) is 12.1 Å². The monoisotopic (exact) mass is 223 g/mol. The van der Waals surface area contributed by atoms with Crippen LogP contribution in [0.2, 0.25) is 0 Å². The van der Waals surface area contributed by atoms with E-state index in [-0.39, 0.29) is 5.97 Å². The van der Waals surface area contributed by atoms with Crippen molar-refractivity contribution in [1.29, 1.82) is 0 Å². The lowest BCUT2D eigenvalue weighted by molar-refractivity contribution is 0.00616. The summed E-state index contributed by atoms with van der Waals surface area (Å²) in [5, 5.41) is 9.97. The fourth-order valence-electron chi connectivity index (χ4n) is 1.72. The Morgan fingerprint density at radius 2 is 2.19 bits per heavy atom. The molecule has 5 nitrogen and oxygen atoms in total. The van der Waals surface area contributed by atoms with Crippen LogP contribution in [0, 0.1) is 0 Å². The zero-order chi connectivity index (χ0) is 11.8. The average molecular weight is 223 g/mol. The van der Waals surface area contributed by atoms with Gasteiger partial charge in [0.15, 0.2) is 5.82 Å². The maximum atomic E-state index is 11.9. The maximum absolute atomic E-state index is 11.9. The molecule has 0 amide bonds. The Hall–Kier alpha value is -1.52. The first kappa shape index (κ1) is 11.0. The van der Waals surface area contributed by atoms with E-state index >= 15 is 0 Å². The summed E-state index contributed by atoms with van der Waals surface area (Å²) in [6.45, 7) is 6.47. The molecule has 1 aliphatic heterocycles. The summed E-state index contributed by atoms with van der Waals surface area (Å²) in [6.07, 6.45) is 1.88. The van der Waals surface area contributed by atoms with Gasteiger partial charge in [0.1, 0.15) is 11.3 Å². The lowest BCUT2D eigenvalue weighted by atomic mass is 10.1. The van der Waals surface area contributed by atoms with Crippen molar-refractivity contribution in [2.45, 2.75) is 39.2 Å². The van der Waals surface area contributed by atoms with Crippen LogP contribution >= 0.6 is 0 Å². The van der Waals surface area contributed by atoms with Gasteiger partial charge in [0.05, 0.1) is 0 Å². The van der Waals surface area contributed by atoms with Crippen LogP contribution in [0.3, 0.4) is 0 Å². The van der Waals surface area contributed by atoms with Crippen LogP contribution < -0.4 is 5.32 Å². The Balaban J connectivity index is 2.21. The average Bonchev–Trinajstić information content (AvgIpc) is 2.58. The first-order valence-corrected chi connectivity index (χ1v) is 5.52. The zero-order valence-corrected chi connectivity index (χ0v) is 9.89. The van der Waals surface area contributed by atoms with Gasteiger partial charge in [-0.15, -0.1) is 0 Å². The van der Waals surface area contributed by atoms with E-state index in [2.05, 4.69) is 15.5 Å². The predicted octanol–water partition coefficient (Wildman–Crippen LogP) is 1.72. The number of carbonyl (C=O) groups is 1. The lowest BCUT2D eigenvalue weighted by Gasteiger charge is -2.19. The molecule has 0 fully saturated rings. The lowest BCUT2D eigenvalue weighted by Crippen LogP contribution is -2.25. The molecule has 0 aromatic carbocycles. The molecule has 16 heavy (non-hydrogen) atoms. The highest BCUT2D eigenvalue weighted by Gasteiger charge is 2.25. The second-order valence-electron chi connectivity index (χ2n) is 4.96. The minimum Gasteiger partial charge on any atom is -0.455 e. The standard InChI is InChI=1S/C11H17N3O2/c1-11(2,3)16-10(15)8-7-5-4-6-12-9(7)14-13-8/h4-6H2,1-3H3,(H2,12,13,14). The molecule has 0 saturated carbocycles. The Morgan fingerprint density at radius 3 is 2.88 bits per heavy atom. The Labute approximate surface area is 94.6 Å². The number of anilines is 1. The van der Waals surface area contributed by atoms with E-state index in [1.54, 1.807) is 0 Å². The SMILES string of the molecule is CC(C)(C)OC(=O)c1[nH]nc2c1CCCN2. The zero-order valence-electron chi connectivity index (χ0n) is 9.89. The molecule has 0 aliphatic carbocycles. The fraction of sp³-hybridized carbons (Fsp3) is 0.636. The van der Waals surface area contributed by atoms with E-state index in [9.17, 15) is 4.79 Å². The Kier molecular flexibility index (Phi) is 2.61. The van der Waals surface area contributed by atoms with Crippen molar-refractivity contribution in [2.75, 3.05) is 11.9 Å². The number of aromatic nitrogens is 2. The van der Waals surface area contributed by atoms with Crippen LogP contribution in [-0.2, 0) is 11.2 Å². The smallest absolute Gasteiger partial charge is 0.357 e. The van der Waals surface area contributed by atoms with Crippen LogP contribution in [0.25, 0.3) is 0 Å². The summed E-state index contributed by atoms with van der Waals surface area (Å²) in [4.78, 5) is 11.9. The van der Waals surface area contributed by atoms with Crippen molar-refractivity contribution < 1.29 is 9.53 Å². The highest BCUT2D eigenvalue weighted by molar-refractivity contribution is 5.90. The molecule has 0 bridgehead atoms. The summed E-state index contributed by atoms with van der Waals surface area (Å²) in [5.41, 5.74) is 0.953. The highest BCUT2D eigenvalue weighted by atomic mass is 16.6. The van der Waals surface area contributed by atoms with Gasteiger partial charge in [-0.05, 0) is 33.6 Å². The van der Waals surface area contributed by atoms with Crippen LogP contribution in [0.1, 0.15) is 43.2 Å². The van der Waals surface area contributed by atoms with E-state index < -0.39 is 5.60 Å². The van der Waals surface area contributed by atoms with Gasteiger partial charge >= 0.3 is 5.97 Å². The van der Waals surface area contributed by atoms with Crippen molar-refractivity contribution >= 4 is 11.8 Å². The van der Waals surface area contributed by atoms with Gasteiger partial charge in [-0.3, -0.25) is 5.10 Å². The summed E-state index contributed by atoms with van der Waals surface area (Å²) in [5.74, 6) is 0.456. The molecule has 1 aromatic heterocycles. The molecule has 2 rings (SSSR count). The second kappa shape index (κ2) is 3.81. The molecule has 88 valence electrons. The summed E-state index contributed by atoms with van der Waals surface area (Å²) >= 11 is 0. The summed E-state index contributed by atoms with van der Waals surface area (Å²) in [6, 6.07) is 0. The largest absolute Gasteiger partial charge is 0.455 e. The van der Waals surface area contributed by atoms with Crippen LogP contribution in [0.4, 0.5) is 5.82 Å². The number of esters is 1. The number of ether oxygens (including phenoxy) is 1. The van der Waals surface area contributed by atoms with Crippen LogP contribution in [0.5, 0.6) is 0 Å². The van der Waals surface area contributed by atoms with E-state index in [1.165, 1.54) is 0 Å². The molecule has 2 N–H and O–H groups in total. The van der Waals surface area contributed by atoms with Gasteiger partial charge in [0.2, 0.25) is 0 Å². The molecule has 2 heterocycles. The molecule has 1 aromatic rings. The molecular weight excluding hydrogens is 206 g/mol. The van der Waals surface area contributed by atoms with Gasteiger partial charge in [-0.2, -0.15) is 5.10 Å². The highest BCUT2D eigenvalue weighted by Crippen LogP contribution is 2.24. The van der Waals surface area contributed by atoms with Crippen molar-refractivity contribution in [3.05, 3.63) is 11.3 Å². The van der Waals surface area contributed by atoms with Crippen molar-refractivity contribution in [3.63, 3.8) is 0 Å². The van der Waals surface area contributed by atoms with Crippen LogP contribution in [-0.4, -0.2) is 28.3 Å². The van der Waals surface area contributed by atoms with Gasteiger partial charge in [-0.1, -0.05) is 0 Å². The number of nitrogens with one attached hydrogen (secondary N) is 2. The number of rotatable bonds is 1. The number of carbonyl (C=O) groups excluding carboxylic acids is 1. The number of hydrogen-bond donors (Lipinski definition) is 2. The summed E-state index contributed by atoms with van der Waals surface area (Å²) < 4.78 is 5.31. The quantitative estimate of drug-likeness (QED) is 0.711. The molecule has 0 unspecified atom stereocenters. The van der Waals surface area contributed by atoms with E-state index in [0.717, 1.165) is 30.8 Å². The number of nitrogens with zero attached hydrogens (tertiary/aromatic N) is 1. The van der Waals surface area contributed by atoms with Crippen molar-refractivity contribution in [3.8, 4) is 0 Å². The van der Waals surface area contributed by atoms with Gasteiger partial charge < -0.3 is 10.1 Å². The Bertz CT molecular complexity index is 404. The normalized spacial score (nSPS) is 15.2. The second-order valence-corrected chi connectivity index (χ2v) is 4.96. The van der Waals surface area contributed by atoms with E-state index in [4.69, 9.17) is 4.74 Å². The third-order valence-electron chi connectivity index (χ3n) is 2.37. The molecular formula is C11H17N3O2. The number of H-pyrrole nitrogens is 1. The maximum Gasteiger partial charge on any atom is 0.357 e. The van der Waals surface area contributed by atoms with Crippen molar-refractivity contribution in [1.82, 2.24) is 10.2 Å². The third kappa shape index (κ3) is 2.18. The molecule has 5 heteroatoms. The van der Waals surface area contributed by atoms with Crippen molar-refractivity contribution in [2.24, 2.45) is 0 Å². The Morgan fingerprint density at radius 1 is 1.44 bits per heavy atom. The first-order chi connectivity index (χ1) is 7.47. The first-order valence-electron chi connectivity index (χ1n) is 5.52. The van der Waals surface area contributed by atoms with Gasteiger partial charge in [0.25, 0.3) is 0 Å². The minimum atomic E-state index is -0.475. The molecule has 0 radical (unpaired) electrons. The summed E-state index contributed by atoms with van der Waals surface area (Å²) in [7, 11) is 0. The van der Waals surface area contributed by atoms with Crippen LogP contribution in [0.15, 0.2) is 0 Å². The molecule has 0 atom stereocenters. The predicted molar refractivity (Wildman–Crippen MR) is 60.6 cm³/mol. The molecule has 0 saturated heterocycles. The number of hydrogen-bond acceptors (Lipinski definition) is 4.